The van der Waals surface area contributed by atoms with Crippen LogP contribution >= 0.6 is 0 Å². The highest BCUT2D eigenvalue weighted by molar-refractivity contribution is 5.96. The van der Waals surface area contributed by atoms with E-state index in [9.17, 15) is 9.90 Å². The minimum Gasteiger partial charge on any atom is -0.477 e. The van der Waals surface area contributed by atoms with E-state index in [-0.39, 0.29) is 12.5 Å². The first-order chi connectivity index (χ1) is 10.2. The Morgan fingerprint density at radius 1 is 1.52 bits per heavy atom. The van der Waals surface area contributed by atoms with Gasteiger partial charge in [-0.25, -0.2) is 4.68 Å². The Labute approximate surface area is 121 Å². The van der Waals surface area contributed by atoms with Crippen molar-refractivity contribution in [1.82, 2.24) is 24.9 Å². The molecule has 0 aliphatic carbocycles. The Kier molecular flexibility index (Phi) is 3.61. The molecule has 3 rings (SSSR count). The fraction of sp³-hybridized carbons (Fsp3) is 0.462. The lowest BCUT2D eigenvalue weighted by molar-refractivity contribution is 0.0909. The molecule has 0 spiro atoms. The normalized spacial score (nSPS) is 15.1. The zero-order valence-corrected chi connectivity index (χ0v) is 11.7. The standard InChI is InChI=1S/C13H17N5O3/c1-17-7-9(5-14-17)11(8-19)16-12(20)10-6-15-18-3-2-4-21-13(10)18/h5-7,11,19H,2-4,8H2,1H3,(H,16,20). The molecule has 8 nitrogen and oxygen atoms in total. The molecular weight excluding hydrogens is 274 g/mol. The van der Waals surface area contributed by atoms with Gasteiger partial charge in [0.15, 0.2) is 0 Å². The van der Waals surface area contributed by atoms with Crippen LogP contribution in [0.25, 0.3) is 0 Å². The van der Waals surface area contributed by atoms with Crippen molar-refractivity contribution in [2.24, 2.45) is 7.05 Å². The van der Waals surface area contributed by atoms with Crippen molar-refractivity contribution >= 4 is 5.91 Å². The highest BCUT2D eigenvalue weighted by atomic mass is 16.5. The predicted molar refractivity (Wildman–Crippen MR) is 72.8 cm³/mol. The van der Waals surface area contributed by atoms with Gasteiger partial charge < -0.3 is 15.2 Å². The number of nitrogens with zero attached hydrogens (tertiary/aromatic N) is 4. The van der Waals surface area contributed by atoms with E-state index in [1.54, 1.807) is 28.8 Å². The second-order valence-electron chi connectivity index (χ2n) is 4.94. The first-order valence-corrected chi connectivity index (χ1v) is 6.78. The van der Waals surface area contributed by atoms with Gasteiger partial charge in [0.05, 0.1) is 31.6 Å². The molecule has 2 N–H and O–H groups in total. The molecule has 2 aromatic heterocycles. The molecule has 0 radical (unpaired) electrons. The summed E-state index contributed by atoms with van der Waals surface area (Å²) in [7, 11) is 1.78. The number of aryl methyl sites for hydroxylation is 2. The number of aliphatic hydroxyl groups is 1. The molecule has 21 heavy (non-hydrogen) atoms. The van der Waals surface area contributed by atoms with Crippen LogP contribution in [0.15, 0.2) is 18.6 Å². The summed E-state index contributed by atoms with van der Waals surface area (Å²) in [6, 6.07) is -0.509. The van der Waals surface area contributed by atoms with E-state index < -0.39 is 6.04 Å². The van der Waals surface area contributed by atoms with E-state index in [4.69, 9.17) is 4.74 Å². The summed E-state index contributed by atoms with van der Waals surface area (Å²) in [6.45, 7) is 1.12. The van der Waals surface area contributed by atoms with Gasteiger partial charge in [-0.05, 0) is 0 Å². The lowest BCUT2D eigenvalue weighted by Crippen LogP contribution is -2.31. The van der Waals surface area contributed by atoms with Gasteiger partial charge in [0.1, 0.15) is 5.56 Å². The second-order valence-corrected chi connectivity index (χ2v) is 4.94. The third kappa shape index (κ3) is 2.62. The van der Waals surface area contributed by atoms with E-state index in [0.717, 1.165) is 18.5 Å². The topological polar surface area (TPSA) is 94.2 Å². The van der Waals surface area contributed by atoms with Crippen molar-refractivity contribution in [3.8, 4) is 5.88 Å². The fourth-order valence-corrected chi connectivity index (χ4v) is 2.32. The zero-order valence-electron chi connectivity index (χ0n) is 11.7. The zero-order chi connectivity index (χ0) is 14.8. The van der Waals surface area contributed by atoms with Crippen LogP contribution in [-0.4, -0.2) is 43.8 Å². The monoisotopic (exact) mass is 291 g/mol. The van der Waals surface area contributed by atoms with E-state index in [1.165, 1.54) is 6.20 Å². The van der Waals surface area contributed by atoms with Crippen molar-refractivity contribution < 1.29 is 14.6 Å². The Hall–Kier alpha value is -2.35. The minimum atomic E-state index is -0.509. The smallest absolute Gasteiger partial charge is 0.258 e. The van der Waals surface area contributed by atoms with Gasteiger partial charge >= 0.3 is 0 Å². The molecule has 1 amide bonds. The van der Waals surface area contributed by atoms with Gasteiger partial charge in [-0.1, -0.05) is 0 Å². The predicted octanol–water partition coefficient (Wildman–Crippen LogP) is -0.138. The van der Waals surface area contributed by atoms with Gasteiger partial charge in [-0.2, -0.15) is 10.2 Å². The molecule has 8 heteroatoms. The summed E-state index contributed by atoms with van der Waals surface area (Å²) in [6.07, 6.45) is 5.74. The lowest BCUT2D eigenvalue weighted by atomic mass is 10.1. The van der Waals surface area contributed by atoms with Crippen LogP contribution in [0.1, 0.15) is 28.4 Å². The molecule has 3 heterocycles. The van der Waals surface area contributed by atoms with Gasteiger partial charge in [0.2, 0.25) is 5.88 Å². The summed E-state index contributed by atoms with van der Waals surface area (Å²) >= 11 is 0. The van der Waals surface area contributed by atoms with E-state index >= 15 is 0 Å². The van der Waals surface area contributed by atoms with Crippen molar-refractivity contribution in [1.29, 1.82) is 0 Å². The number of hydrogen-bond donors (Lipinski definition) is 2. The number of carbonyl (C=O) groups is 1. The molecule has 0 fully saturated rings. The summed E-state index contributed by atoms with van der Waals surface area (Å²) in [4.78, 5) is 12.3. The summed E-state index contributed by atoms with van der Waals surface area (Å²) < 4.78 is 8.80. The van der Waals surface area contributed by atoms with Gasteiger partial charge in [-0.3, -0.25) is 9.48 Å². The number of carbonyl (C=O) groups excluding carboxylic acids is 1. The van der Waals surface area contributed by atoms with Gasteiger partial charge in [0, 0.05) is 31.8 Å². The van der Waals surface area contributed by atoms with E-state index in [1.807, 2.05) is 0 Å². The average Bonchev–Trinajstić information content (AvgIpc) is 3.10. The van der Waals surface area contributed by atoms with Crippen molar-refractivity contribution in [2.75, 3.05) is 13.2 Å². The first kappa shape index (κ1) is 13.6. The molecule has 0 aromatic carbocycles. The van der Waals surface area contributed by atoms with Crippen molar-refractivity contribution in [2.45, 2.75) is 19.0 Å². The molecule has 0 bridgehead atoms. The molecule has 0 saturated heterocycles. The fourth-order valence-electron chi connectivity index (χ4n) is 2.32. The molecule has 2 aromatic rings. The Balaban J connectivity index is 1.77. The largest absolute Gasteiger partial charge is 0.477 e. The maximum absolute atomic E-state index is 12.3. The van der Waals surface area contributed by atoms with Crippen LogP contribution < -0.4 is 10.1 Å². The summed E-state index contributed by atoms with van der Waals surface area (Å²) in [5.74, 6) is 0.169. The minimum absolute atomic E-state index is 0.207. The quantitative estimate of drug-likeness (QED) is 0.818. The number of aliphatic hydroxyl groups excluding tert-OH is 1. The Bertz CT molecular complexity index is 648. The summed E-state index contributed by atoms with van der Waals surface area (Å²) in [5.41, 5.74) is 1.13. The van der Waals surface area contributed by atoms with Crippen LogP contribution in [0.2, 0.25) is 0 Å². The number of aromatic nitrogens is 4. The van der Waals surface area contributed by atoms with E-state index in [2.05, 4.69) is 15.5 Å². The van der Waals surface area contributed by atoms with Gasteiger partial charge in [-0.15, -0.1) is 0 Å². The maximum atomic E-state index is 12.3. The SMILES string of the molecule is Cn1cc(C(CO)NC(=O)c2cnn3c2OCCC3)cn1. The average molecular weight is 291 g/mol. The van der Waals surface area contributed by atoms with Crippen LogP contribution in [0, 0.1) is 0 Å². The van der Waals surface area contributed by atoms with Crippen molar-refractivity contribution in [3.63, 3.8) is 0 Å². The molecule has 112 valence electrons. The van der Waals surface area contributed by atoms with Crippen LogP contribution in [0.3, 0.4) is 0 Å². The number of nitrogens with one attached hydrogen (secondary N) is 1. The number of fused-ring (bicyclic) bond motifs is 1. The number of amides is 1. The number of hydrogen-bond acceptors (Lipinski definition) is 5. The Morgan fingerprint density at radius 3 is 3.10 bits per heavy atom. The highest BCUT2D eigenvalue weighted by Gasteiger charge is 2.24. The van der Waals surface area contributed by atoms with E-state index in [0.29, 0.717) is 18.1 Å². The first-order valence-electron chi connectivity index (χ1n) is 6.78. The maximum Gasteiger partial charge on any atom is 0.258 e. The number of rotatable bonds is 4. The Morgan fingerprint density at radius 2 is 2.38 bits per heavy atom. The van der Waals surface area contributed by atoms with Crippen LogP contribution in [0.5, 0.6) is 5.88 Å². The van der Waals surface area contributed by atoms with Crippen LogP contribution in [0.4, 0.5) is 0 Å². The van der Waals surface area contributed by atoms with Crippen molar-refractivity contribution in [3.05, 3.63) is 29.7 Å². The molecule has 1 aliphatic heterocycles. The molecule has 1 aliphatic rings. The molecular formula is C13H17N5O3. The molecule has 0 saturated carbocycles. The van der Waals surface area contributed by atoms with Crippen LogP contribution in [-0.2, 0) is 13.6 Å². The third-order valence-electron chi connectivity index (χ3n) is 3.40. The number of ether oxygens (including phenoxy) is 1. The highest BCUT2D eigenvalue weighted by Crippen LogP contribution is 2.23. The second kappa shape index (κ2) is 5.57. The lowest BCUT2D eigenvalue weighted by Gasteiger charge is -2.17. The third-order valence-corrected chi connectivity index (χ3v) is 3.40. The molecule has 1 unspecified atom stereocenters. The molecule has 1 atom stereocenters. The van der Waals surface area contributed by atoms with Gasteiger partial charge in [0.25, 0.3) is 5.91 Å². The summed E-state index contributed by atoms with van der Waals surface area (Å²) in [5, 5.41) is 20.4.